The van der Waals surface area contributed by atoms with Crippen molar-refractivity contribution in [2.24, 2.45) is 0 Å². The Morgan fingerprint density at radius 2 is 2.00 bits per heavy atom. The van der Waals surface area contributed by atoms with E-state index in [4.69, 9.17) is 4.74 Å². The van der Waals surface area contributed by atoms with Crippen LogP contribution in [-0.2, 0) is 11.2 Å². The predicted octanol–water partition coefficient (Wildman–Crippen LogP) is 2.66. The molecule has 0 aliphatic carbocycles. The smallest absolute Gasteiger partial charge is 0.251 e. The van der Waals surface area contributed by atoms with Crippen LogP contribution in [0.5, 0.6) is 5.75 Å². The van der Waals surface area contributed by atoms with Crippen LogP contribution in [0.2, 0.25) is 0 Å². The minimum absolute atomic E-state index is 0.0569. The van der Waals surface area contributed by atoms with Gasteiger partial charge < -0.3 is 15.4 Å². The molecular weight excluding hydrogens is 330 g/mol. The largest absolute Gasteiger partial charge is 0.491 e. The van der Waals surface area contributed by atoms with E-state index in [0.717, 1.165) is 17.7 Å². The van der Waals surface area contributed by atoms with Crippen molar-refractivity contribution in [1.82, 2.24) is 5.32 Å². The van der Waals surface area contributed by atoms with Crippen LogP contribution in [0.4, 0.5) is 14.5 Å². The van der Waals surface area contributed by atoms with E-state index in [2.05, 4.69) is 10.6 Å². The Hall–Kier alpha value is -2.96. The van der Waals surface area contributed by atoms with E-state index in [0.29, 0.717) is 37.4 Å². The van der Waals surface area contributed by atoms with Crippen LogP contribution in [0, 0.1) is 11.6 Å². The highest BCUT2D eigenvalue weighted by Gasteiger charge is 2.14. The van der Waals surface area contributed by atoms with E-state index in [9.17, 15) is 18.4 Å². The number of nitrogens with one attached hydrogen (secondary N) is 2. The molecule has 130 valence electrons. The minimum Gasteiger partial charge on any atom is -0.491 e. The summed E-state index contributed by atoms with van der Waals surface area (Å²) < 4.78 is 31.5. The van der Waals surface area contributed by atoms with Gasteiger partial charge in [-0.15, -0.1) is 0 Å². The van der Waals surface area contributed by atoms with Crippen molar-refractivity contribution < 1.29 is 23.1 Å². The third kappa shape index (κ3) is 4.12. The maximum Gasteiger partial charge on any atom is 0.251 e. The Balaban J connectivity index is 1.59. The second-order valence-electron chi connectivity index (χ2n) is 5.61. The van der Waals surface area contributed by atoms with E-state index >= 15 is 0 Å². The predicted molar refractivity (Wildman–Crippen MR) is 87.6 cm³/mol. The van der Waals surface area contributed by atoms with Crippen molar-refractivity contribution in [2.45, 2.75) is 12.8 Å². The molecule has 25 heavy (non-hydrogen) atoms. The second-order valence-corrected chi connectivity index (χ2v) is 5.61. The fraction of sp³-hybridized carbons (Fsp3) is 0.222. The topological polar surface area (TPSA) is 67.4 Å². The Morgan fingerprint density at radius 1 is 1.16 bits per heavy atom. The summed E-state index contributed by atoms with van der Waals surface area (Å²) in [5.74, 6) is -2.03. The normalized spacial score (nSPS) is 13.3. The quantitative estimate of drug-likeness (QED) is 0.894. The Bertz CT molecular complexity index is 824. The van der Waals surface area contributed by atoms with E-state index in [1.807, 2.05) is 6.07 Å². The maximum atomic E-state index is 13.2. The van der Waals surface area contributed by atoms with Crippen molar-refractivity contribution in [3.8, 4) is 5.75 Å². The van der Waals surface area contributed by atoms with Crippen LogP contribution in [0.15, 0.2) is 36.4 Å². The molecule has 0 aromatic heterocycles. The number of amides is 2. The lowest BCUT2D eigenvalue weighted by molar-refractivity contribution is -0.116. The first-order chi connectivity index (χ1) is 12.0. The summed E-state index contributed by atoms with van der Waals surface area (Å²) in [4.78, 5) is 23.5. The molecule has 0 saturated heterocycles. The molecule has 7 heteroatoms. The van der Waals surface area contributed by atoms with Crippen molar-refractivity contribution in [3.63, 3.8) is 0 Å². The number of anilines is 1. The highest BCUT2D eigenvalue weighted by atomic mass is 19.2. The van der Waals surface area contributed by atoms with Crippen LogP contribution in [0.3, 0.4) is 0 Å². The number of carbonyl (C=O) groups is 2. The number of carbonyl (C=O) groups excluding carboxylic acids is 2. The number of ether oxygens (including phenoxy) is 1. The van der Waals surface area contributed by atoms with Gasteiger partial charge in [-0.3, -0.25) is 9.59 Å². The second kappa shape index (κ2) is 7.29. The van der Waals surface area contributed by atoms with Crippen LogP contribution < -0.4 is 15.4 Å². The molecule has 0 unspecified atom stereocenters. The summed E-state index contributed by atoms with van der Waals surface area (Å²) in [6.07, 6.45) is 0.812. The number of halogens is 2. The monoisotopic (exact) mass is 346 g/mol. The standard InChI is InChI=1S/C18H16F2N2O3/c19-13-3-2-12(10-14(13)20)18(24)21-7-5-11-1-4-16-15(9-11)22-17(23)6-8-25-16/h1-4,9-10H,5-8H2,(H,21,24)(H,22,23). The SMILES string of the molecule is O=C1CCOc2ccc(CCNC(=O)c3ccc(F)c(F)c3)cc2N1. The summed E-state index contributed by atoms with van der Waals surface area (Å²) in [5, 5.41) is 5.42. The van der Waals surface area contributed by atoms with Crippen molar-refractivity contribution in [2.75, 3.05) is 18.5 Å². The van der Waals surface area contributed by atoms with Crippen LogP contribution in [0.1, 0.15) is 22.3 Å². The fourth-order valence-corrected chi connectivity index (χ4v) is 2.48. The van der Waals surface area contributed by atoms with Gasteiger partial charge in [-0.2, -0.15) is 0 Å². The fourth-order valence-electron chi connectivity index (χ4n) is 2.48. The molecule has 0 bridgehead atoms. The average molecular weight is 346 g/mol. The van der Waals surface area contributed by atoms with Crippen LogP contribution >= 0.6 is 0 Å². The molecule has 0 atom stereocenters. The molecule has 2 aromatic carbocycles. The molecule has 5 nitrogen and oxygen atoms in total. The lowest BCUT2D eigenvalue weighted by atomic mass is 10.1. The van der Waals surface area contributed by atoms with Gasteiger partial charge in [0.25, 0.3) is 5.91 Å². The van der Waals surface area contributed by atoms with Gasteiger partial charge in [0.15, 0.2) is 11.6 Å². The van der Waals surface area contributed by atoms with Crippen LogP contribution in [-0.4, -0.2) is 25.0 Å². The number of fused-ring (bicyclic) bond motifs is 1. The van der Waals surface area contributed by atoms with Crippen LogP contribution in [0.25, 0.3) is 0 Å². The summed E-state index contributed by atoms with van der Waals surface area (Å²) >= 11 is 0. The van der Waals surface area contributed by atoms with Gasteiger partial charge in [0.2, 0.25) is 5.91 Å². The van der Waals surface area contributed by atoms with E-state index < -0.39 is 17.5 Å². The number of hydrogen-bond acceptors (Lipinski definition) is 3. The van der Waals surface area contributed by atoms with Gasteiger partial charge in [0.1, 0.15) is 5.75 Å². The molecule has 2 aromatic rings. The zero-order chi connectivity index (χ0) is 17.8. The van der Waals surface area contributed by atoms with Crippen molar-refractivity contribution in [3.05, 3.63) is 59.2 Å². The maximum absolute atomic E-state index is 13.2. The third-order valence-electron chi connectivity index (χ3n) is 3.79. The molecule has 0 saturated carbocycles. The zero-order valence-electron chi connectivity index (χ0n) is 13.3. The van der Waals surface area contributed by atoms with E-state index in [1.165, 1.54) is 6.07 Å². The number of hydrogen-bond donors (Lipinski definition) is 2. The summed E-state index contributed by atoms with van der Waals surface area (Å²) in [6.45, 7) is 0.647. The van der Waals surface area contributed by atoms with Gasteiger partial charge in [-0.25, -0.2) is 8.78 Å². The number of benzene rings is 2. The molecule has 1 aliphatic heterocycles. The first kappa shape index (κ1) is 16.9. The lowest BCUT2D eigenvalue weighted by Crippen LogP contribution is -2.25. The van der Waals surface area contributed by atoms with Gasteiger partial charge in [0, 0.05) is 12.1 Å². The average Bonchev–Trinajstić information content (AvgIpc) is 2.77. The van der Waals surface area contributed by atoms with Gasteiger partial charge in [0.05, 0.1) is 18.7 Å². The molecular formula is C18H16F2N2O3. The van der Waals surface area contributed by atoms with Gasteiger partial charge in [-0.05, 0) is 42.3 Å². The summed E-state index contributed by atoms with van der Waals surface area (Å²) in [5.41, 5.74) is 1.56. The first-order valence-electron chi connectivity index (χ1n) is 7.82. The third-order valence-corrected chi connectivity index (χ3v) is 3.79. The molecule has 1 aliphatic rings. The van der Waals surface area contributed by atoms with E-state index in [1.54, 1.807) is 12.1 Å². The Morgan fingerprint density at radius 3 is 2.80 bits per heavy atom. The molecule has 3 rings (SSSR count). The highest BCUT2D eigenvalue weighted by molar-refractivity contribution is 5.94. The molecule has 0 spiro atoms. The van der Waals surface area contributed by atoms with Crippen molar-refractivity contribution >= 4 is 17.5 Å². The Kier molecular flexibility index (Phi) is 4.92. The summed E-state index contributed by atoms with van der Waals surface area (Å²) in [6, 6.07) is 8.41. The van der Waals surface area contributed by atoms with Gasteiger partial charge in [-0.1, -0.05) is 6.07 Å². The minimum atomic E-state index is -1.06. The summed E-state index contributed by atoms with van der Waals surface area (Å²) in [7, 11) is 0. The molecule has 0 radical (unpaired) electrons. The first-order valence-corrected chi connectivity index (χ1v) is 7.82. The molecule has 2 amide bonds. The van der Waals surface area contributed by atoms with Gasteiger partial charge >= 0.3 is 0 Å². The Labute approximate surface area is 143 Å². The molecule has 0 fully saturated rings. The number of rotatable bonds is 4. The van der Waals surface area contributed by atoms with Crippen molar-refractivity contribution in [1.29, 1.82) is 0 Å². The highest BCUT2D eigenvalue weighted by Crippen LogP contribution is 2.28. The molecule has 2 N–H and O–H groups in total. The zero-order valence-corrected chi connectivity index (χ0v) is 13.3. The molecule has 1 heterocycles. The van der Waals surface area contributed by atoms with E-state index in [-0.39, 0.29) is 11.5 Å². The lowest BCUT2D eigenvalue weighted by Gasteiger charge is -2.10.